The molecular formula is C27H24BrNO4. The molecule has 5 nitrogen and oxygen atoms in total. The van der Waals surface area contributed by atoms with Crippen LogP contribution in [0.1, 0.15) is 36.6 Å². The lowest BCUT2D eigenvalue weighted by Gasteiger charge is -2.25. The summed E-state index contributed by atoms with van der Waals surface area (Å²) in [6, 6.07) is 20.9. The van der Waals surface area contributed by atoms with Crippen LogP contribution in [0.5, 0.6) is 5.75 Å². The normalized spacial score (nSPS) is 17.6. The van der Waals surface area contributed by atoms with Gasteiger partial charge in [-0.1, -0.05) is 52.3 Å². The van der Waals surface area contributed by atoms with E-state index in [0.717, 1.165) is 15.6 Å². The van der Waals surface area contributed by atoms with Crippen LogP contribution in [0.2, 0.25) is 0 Å². The van der Waals surface area contributed by atoms with Crippen molar-refractivity contribution >= 4 is 39.1 Å². The molecular weight excluding hydrogens is 482 g/mol. The van der Waals surface area contributed by atoms with Gasteiger partial charge in [-0.3, -0.25) is 14.5 Å². The summed E-state index contributed by atoms with van der Waals surface area (Å²) in [4.78, 5) is 27.9. The molecule has 0 bridgehead atoms. The van der Waals surface area contributed by atoms with Gasteiger partial charge in [-0.05, 0) is 68.3 Å². The third-order valence-electron chi connectivity index (χ3n) is 5.46. The van der Waals surface area contributed by atoms with Crippen molar-refractivity contribution in [3.05, 3.63) is 99.5 Å². The third-order valence-corrected chi connectivity index (χ3v) is 5.95. The molecule has 1 fully saturated rings. The van der Waals surface area contributed by atoms with Crippen LogP contribution in [-0.2, 0) is 9.59 Å². The number of benzene rings is 3. The highest BCUT2D eigenvalue weighted by atomic mass is 79.9. The van der Waals surface area contributed by atoms with Crippen molar-refractivity contribution in [1.29, 1.82) is 0 Å². The van der Waals surface area contributed by atoms with Crippen molar-refractivity contribution in [2.24, 2.45) is 0 Å². The molecule has 1 aliphatic heterocycles. The van der Waals surface area contributed by atoms with E-state index in [1.54, 1.807) is 36.4 Å². The van der Waals surface area contributed by atoms with Crippen molar-refractivity contribution in [3.63, 3.8) is 0 Å². The zero-order valence-electron chi connectivity index (χ0n) is 18.6. The zero-order chi connectivity index (χ0) is 23.7. The summed E-state index contributed by atoms with van der Waals surface area (Å²) in [5.74, 6) is -0.906. The van der Waals surface area contributed by atoms with E-state index >= 15 is 0 Å². The topological polar surface area (TPSA) is 66.8 Å². The molecule has 4 rings (SSSR count). The van der Waals surface area contributed by atoms with Gasteiger partial charge in [0.05, 0.1) is 17.7 Å². The molecule has 0 aliphatic carbocycles. The van der Waals surface area contributed by atoms with Gasteiger partial charge in [-0.15, -0.1) is 0 Å². The molecule has 3 aromatic rings. The van der Waals surface area contributed by atoms with Crippen molar-refractivity contribution in [3.8, 4) is 5.75 Å². The maximum absolute atomic E-state index is 13.2. The van der Waals surface area contributed by atoms with Gasteiger partial charge in [0.2, 0.25) is 0 Å². The smallest absolute Gasteiger partial charge is 0.300 e. The summed E-state index contributed by atoms with van der Waals surface area (Å²) >= 11 is 3.44. The quantitative estimate of drug-likeness (QED) is 0.255. The lowest BCUT2D eigenvalue weighted by Crippen LogP contribution is -2.29. The SMILES string of the molecule is Cc1cc(/C(O)=C2/C(=O)C(=O)N(c3cccc(Br)c3)C2c2ccccc2)ccc1OC(C)C. The molecule has 0 radical (unpaired) electrons. The summed E-state index contributed by atoms with van der Waals surface area (Å²) < 4.78 is 6.57. The number of aliphatic hydroxyl groups excluding tert-OH is 1. The number of nitrogens with zero attached hydrogens (tertiary/aromatic N) is 1. The molecule has 6 heteroatoms. The van der Waals surface area contributed by atoms with Gasteiger partial charge in [0.1, 0.15) is 11.5 Å². The maximum Gasteiger partial charge on any atom is 0.300 e. The van der Waals surface area contributed by atoms with Gasteiger partial charge in [-0.25, -0.2) is 0 Å². The molecule has 1 unspecified atom stereocenters. The molecule has 1 atom stereocenters. The number of hydrogen-bond acceptors (Lipinski definition) is 4. The van der Waals surface area contributed by atoms with Crippen LogP contribution in [0.15, 0.2) is 82.8 Å². The average molecular weight is 506 g/mol. The number of ketones is 1. The van der Waals surface area contributed by atoms with E-state index < -0.39 is 17.7 Å². The number of rotatable bonds is 5. The highest BCUT2D eigenvalue weighted by Crippen LogP contribution is 2.42. The predicted molar refractivity (Wildman–Crippen MR) is 132 cm³/mol. The lowest BCUT2D eigenvalue weighted by atomic mass is 9.94. The highest BCUT2D eigenvalue weighted by Gasteiger charge is 2.47. The van der Waals surface area contributed by atoms with Gasteiger partial charge in [0.25, 0.3) is 11.7 Å². The van der Waals surface area contributed by atoms with Gasteiger partial charge in [0, 0.05) is 15.7 Å². The fraction of sp³-hybridized carbons (Fsp3) is 0.185. The standard InChI is InChI=1S/C27H24BrNO4/c1-16(2)33-22-13-12-19(14-17(22)3)25(30)23-24(18-8-5-4-6-9-18)29(27(32)26(23)31)21-11-7-10-20(28)15-21/h4-16,24,30H,1-3H3/b25-23-. The molecule has 168 valence electrons. The van der Waals surface area contributed by atoms with E-state index in [1.165, 1.54) is 4.90 Å². The van der Waals surface area contributed by atoms with Crippen LogP contribution in [0.4, 0.5) is 5.69 Å². The second-order valence-corrected chi connectivity index (χ2v) is 9.12. The molecule has 1 heterocycles. The lowest BCUT2D eigenvalue weighted by molar-refractivity contribution is -0.132. The monoisotopic (exact) mass is 505 g/mol. The number of carbonyl (C=O) groups excluding carboxylic acids is 2. The van der Waals surface area contributed by atoms with Gasteiger partial charge in [-0.2, -0.15) is 0 Å². The van der Waals surface area contributed by atoms with Crippen molar-refractivity contribution in [2.75, 3.05) is 4.90 Å². The Kier molecular flexibility index (Phi) is 6.38. The second-order valence-electron chi connectivity index (χ2n) is 8.21. The molecule has 3 aromatic carbocycles. The third kappa shape index (κ3) is 4.44. The van der Waals surface area contributed by atoms with E-state index in [4.69, 9.17) is 4.74 Å². The molecule has 0 saturated carbocycles. The minimum absolute atomic E-state index is 0.0109. The van der Waals surface area contributed by atoms with E-state index in [-0.39, 0.29) is 17.4 Å². The van der Waals surface area contributed by atoms with Crippen LogP contribution in [-0.4, -0.2) is 22.9 Å². The Bertz CT molecular complexity index is 1250. The molecule has 1 aliphatic rings. The summed E-state index contributed by atoms with van der Waals surface area (Å²) in [6.45, 7) is 5.76. The summed E-state index contributed by atoms with van der Waals surface area (Å²) in [5, 5.41) is 11.3. The molecule has 0 aromatic heterocycles. The Morgan fingerprint density at radius 2 is 1.73 bits per heavy atom. The number of ether oxygens (including phenoxy) is 1. The number of aliphatic hydroxyl groups is 1. The molecule has 1 amide bonds. The first-order chi connectivity index (χ1) is 15.8. The summed E-state index contributed by atoms with van der Waals surface area (Å²) in [7, 11) is 0. The molecule has 33 heavy (non-hydrogen) atoms. The molecule has 1 N–H and O–H groups in total. The first-order valence-corrected chi connectivity index (χ1v) is 11.5. The first-order valence-electron chi connectivity index (χ1n) is 10.7. The fourth-order valence-corrected chi connectivity index (χ4v) is 4.40. The Hall–Kier alpha value is -3.38. The minimum atomic E-state index is -0.757. The van der Waals surface area contributed by atoms with E-state index in [2.05, 4.69) is 15.9 Å². The zero-order valence-corrected chi connectivity index (χ0v) is 20.2. The minimum Gasteiger partial charge on any atom is -0.507 e. The van der Waals surface area contributed by atoms with E-state index in [1.807, 2.05) is 57.2 Å². The van der Waals surface area contributed by atoms with Crippen LogP contribution < -0.4 is 9.64 Å². The summed E-state index contributed by atoms with van der Waals surface area (Å²) in [5.41, 5.74) is 2.64. The van der Waals surface area contributed by atoms with E-state index in [9.17, 15) is 14.7 Å². The number of anilines is 1. The van der Waals surface area contributed by atoms with Crippen LogP contribution in [0.25, 0.3) is 5.76 Å². The second kappa shape index (κ2) is 9.24. The number of aryl methyl sites for hydroxylation is 1. The maximum atomic E-state index is 13.2. The number of carbonyl (C=O) groups is 2. The van der Waals surface area contributed by atoms with Crippen LogP contribution >= 0.6 is 15.9 Å². The molecule has 0 spiro atoms. The Balaban J connectivity index is 1.88. The summed E-state index contributed by atoms with van der Waals surface area (Å²) in [6.07, 6.45) is 0.0109. The molecule has 1 saturated heterocycles. The van der Waals surface area contributed by atoms with Crippen LogP contribution in [0.3, 0.4) is 0 Å². The number of amides is 1. The average Bonchev–Trinajstić information content (AvgIpc) is 3.05. The Morgan fingerprint density at radius 3 is 2.36 bits per heavy atom. The van der Waals surface area contributed by atoms with Crippen molar-refractivity contribution in [2.45, 2.75) is 32.9 Å². The number of Topliss-reactive ketones (excluding diaryl/α,β-unsaturated/α-hetero) is 1. The Morgan fingerprint density at radius 1 is 1.00 bits per heavy atom. The number of halogens is 1. The van der Waals surface area contributed by atoms with Crippen molar-refractivity contribution in [1.82, 2.24) is 0 Å². The van der Waals surface area contributed by atoms with Crippen LogP contribution in [0, 0.1) is 6.92 Å². The van der Waals surface area contributed by atoms with Crippen molar-refractivity contribution < 1.29 is 19.4 Å². The highest BCUT2D eigenvalue weighted by molar-refractivity contribution is 9.10. The Labute approximate surface area is 201 Å². The largest absolute Gasteiger partial charge is 0.507 e. The predicted octanol–water partition coefficient (Wildman–Crippen LogP) is 6.17. The first kappa shape index (κ1) is 22.8. The fourth-order valence-electron chi connectivity index (χ4n) is 4.01. The van der Waals surface area contributed by atoms with Gasteiger partial charge < -0.3 is 9.84 Å². The van der Waals surface area contributed by atoms with E-state index in [0.29, 0.717) is 17.0 Å². The van der Waals surface area contributed by atoms with Gasteiger partial charge >= 0.3 is 0 Å². The number of hydrogen-bond donors (Lipinski definition) is 1. The van der Waals surface area contributed by atoms with Gasteiger partial charge in [0.15, 0.2) is 0 Å².